The average Bonchev–Trinajstić information content (AvgIpc) is 2.62. The number of fused-ring (bicyclic) bond motifs is 3. The molecule has 0 aliphatic carbocycles. The van der Waals surface area contributed by atoms with E-state index < -0.39 is 5.63 Å². The van der Waals surface area contributed by atoms with E-state index in [0.29, 0.717) is 23.5 Å². The molecular weight excluding hydrogens is 318 g/mol. The summed E-state index contributed by atoms with van der Waals surface area (Å²) in [6, 6.07) is 14.6. The molecule has 4 aromatic rings. The molecule has 0 unspecified atom stereocenters. The Bertz CT molecular complexity index is 1130. The first-order chi connectivity index (χ1) is 12.2. The van der Waals surface area contributed by atoms with Gasteiger partial charge < -0.3 is 14.9 Å². The zero-order valence-electron chi connectivity index (χ0n) is 13.5. The molecule has 25 heavy (non-hydrogen) atoms. The van der Waals surface area contributed by atoms with Gasteiger partial charge in [-0.2, -0.15) is 0 Å². The van der Waals surface area contributed by atoms with Crippen LogP contribution < -0.4 is 16.1 Å². The van der Waals surface area contributed by atoms with Crippen molar-refractivity contribution in [2.24, 2.45) is 0 Å². The predicted octanol–water partition coefficient (Wildman–Crippen LogP) is 3.38. The van der Waals surface area contributed by atoms with E-state index in [0.717, 1.165) is 16.7 Å². The number of nitrogens with two attached hydrogens (primary N) is 1. The van der Waals surface area contributed by atoms with Gasteiger partial charge in [-0.25, -0.2) is 14.8 Å². The van der Waals surface area contributed by atoms with E-state index in [4.69, 9.17) is 14.9 Å². The van der Waals surface area contributed by atoms with Crippen molar-refractivity contribution in [2.45, 2.75) is 6.92 Å². The Morgan fingerprint density at radius 2 is 1.84 bits per heavy atom. The summed E-state index contributed by atoms with van der Waals surface area (Å²) in [5.74, 6) is 1.32. The summed E-state index contributed by atoms with van der Waals surface area (Å²) in [6.07, 6.45) is 0. The van der Waals surface area contributed by atoms with Crippen LogP contribution >= 0.6 is 0 Å². The highest BCUT2D eigenvalue weighted by Crippen LogP contribution is 2.27. The van der Waals surface area contributed by atoms with Crippen molar-refractivity contribution in [3.63, 3.8) is 0 Å². The molecule has 0 spiro atoms. The molecule has 2 aromatic heterocycles. The van der Waals surface area contributed by atoms with E-state index in [1.54, 1.807) is 12.1 Å². The summed E-state index contributed by atoms with van der Waals surface area (Å²) in [5.41, 5.74) is 7.23. The molecule has 6 nitrogen and oxygen atoms in total. The van der Waals surface area contributed by atoms with Crippen LogP contribution in [-0.2, 0) is 0 Å². The van der Waals surface area contributed by atoms with Gasteiger partial charge in [0.15, 0.2) is 5.82 Å². The van der Waals surface area contributed by atoms with Crippen molar-refractivity contribution < 1.29 is 9.15 Å². The largest absolute Gasteiger partial charge is 0.494 e. The third-order valence-corrected chi connectivity index (χ3v) is 3.91. The third-order valence-electron chi connectivity index (χ3n) is 3.91. The van der Waals surface area contributed by atoms with Crippen LogP contribution in [-0.4, -0.2) is 16.6 Å². The second-order valence-electron chi connectivity index (χ2n) is 5.50. The standard InChI is InChI=1S/C19H15N3O3/c1-2-24-12-9-7-11(8-10-12)18-21-16-13-5-3-4-6-14(13)25-19(23)15(16)17(20)22-18/h3-10H,2H2,1H3,(H2,20,21,22). The molecule has 6 heteroatoms. The first-order valence-corrected chi connectivity index (χ1v) is 7.89. The van der Waals surface area contributed by atoms with Crippen molar-refractivity contribution in [2.75, 3.05) is 12.3 Å². The lowest BCUT2D eigenvalue weighted by Crippen LogP contribution is -2.08. The molecule has 2 N–H and O–H groups in total. The van der Waals surface area contributed by atoms with Gasteiger partial charge in [-0.15, -0.1) is 0 Å². The molecule has 0 amide bonds. The Hall–Kier alpha value is -3.41. The summed E-state index contributed by atoms with van der Waals surface area (Å²) < 4.78 is 10.8. The van der Waals surface area contributed by atoms with E-state index in [9.17, 15) is 4.79 Å². The van der Waals surface area contributed by atoms with Gasteiger partial charge in [0.2, 0.25) is 0 Å². The number of benzene rings is 2. The summed E-state index contributed by atoms with van der Waals surface area (Å²) in [7, 11) is 0. The van der Waals surface area contributed by atoms with Gasteiger partial charge in [0.25, 0.3) is 0 Å². The molecule has 0 saturated heterocycles. The van der Waals surface area contributed by atoms with Gasteiger partial charge in [0.1, 0.15) is 22.5 Å². The fourth-order valence-electron chi connectivity index (χ4n) is 2.77. The van der Waals surface area contributed by atoms with Crippen LogP contribution in [0.4, 0.5) is 5.82 Å². The minimum atomic E-state index is -0.538. The summed E-state index contributed by atoms with van der Waals surface area (Å²) in [5, 5.41) is 0.923. The number of nitrogens with zero attached hydrogens (tertiary/aromatic N) is 2. The minimum Gasteiger partial charge on any atom is -0.494 e. The van der Waals surface area contributed by atoms with Crippen molar-refractivity contribution in [1.29, 1.82) is 0 Å². The molecule has 0 aliphatic rings. The van der Waals surface area contributed by atoms with E-state index in [1.165, 1.54) is 0 Å². The number of anilines is 1. The maximum absolute atomic E-state index is 12.2. The lowest BCUT2D eigenvalue weighted by atomic mass is 10.1. The van der Waals surface area contributed by atoms with E-state index in [2.05, 4.69) is 9.97 Å². The number of hydrogen-bond donors (Lipinski definition) is 1. The van der Waals surface area contributed by atoms with E-state index in [-0.39, 0.29) is 11.2 Å². The molecule has 0 aliphatic heterocycles. The van der Waals surface area contributed by atoms with Crippen molar-refractivity contribution >= 4 is 27.7 Å². The average molecular weight is 333 g/mol. The van der Waals surface area contributed by atoms with Gasteiger partial charge in [-0.05, 0) is 43.3 Å². The quantitative estimate of drug-likeness (QED) is 0.456. The molecule has 0 bridgehead atoms. The van der Waals surface area contributed by atoms with Gasteiger partial charge in [-0.1, -0.05) is 12.1 Å². The Morgan fingerprint density at radius 1 is 1.08 bits per heavy atom. The topological polar surface area (TPSA) is 91.2 Å². The highest BCUT2D eigenvalue weighted by Gasteiger charge is 2.15. The second-order valence-corrected chi connectivity index (χ2v) is 5.50. The smallest absolute Gasteiger partial charge is 0.349 e. The Kier molecular flexibility index (Phi) is 3.57. The number of aromatic nitrogens is 2. The fourth-order valence-corrected chi connectivity index (χ4v) is 2.77. The number of ether oxygens (including phenoxy) is 1. The van der Waals surface area contributed by atoms with Gasteiger partial charge >= 0.3 is 5.63 Å². The highest BCUT2D eigenvalue weighted by molar-refractivity contribution is 6.05. The Balaban J connectivity index is 1.97. The number of rotatable bonds is 3. The number of para-hydroxylation sites is 1. The highest BCUT2D eigenvalue weighted by atomic mass is 16.5. The van der Waals surface area contributed by atoms with Gasteiger partial charge in [0.05, 0.1) is 12.1 Å². The Labute approximate surface area is 142 Å². The monoisotopic (exact) mass is 333 g/mol. The molecule has 2 heterocycles. The minimum absolute atomic E-state index is 0.105. The van der Waals surface area contributed by atoms with E-state index in [1.807, 2.05) is 43.3 Å². The molecule has 0 radical (unpaired) electrons. The predicted molar refractivity (Wildman–Crippen MR) is 96.6 cm³/mol. The van der Waals surface area contributed by atoms with Crippen LogP contribution in [0, 0.1) is 0 Å². The van der Waals surface area contributed by atoms with Crippen LogP contribution in [0.15, 0.2) is 57.7 Å². The SMILES string of the molecule is CCOc1ccc(-c2nc(N)c3c(=O)oc4ccccc4c3n2)cc1. The van der Waals surface area contributed by atoms with Crippen LogP contribution in [0.25, 0.3) is 33.3 Å². The van der Waals surface area contributed by atoms with Crippen LogP contribution in [0.2, 0.25) is 0 Å². The lowest BCUT2D eigenvalue weighted by molar-refractivity contribution is 0.340. The molecule has 0 saturated carbocycles. The summed E-state index contributed by atoms with van der Waals surface area (Å²) in [6.45, 7) is 2.53. The van der Waals surface area contributed by atoms with E-state index >= 15 is 0 Å². The van der Waals surface area contributed by atoms with Gasteiger partial charge in [0, 0.05) is 10.9 Å². The summed E-state index contributed by atoms with van der Waals surface area (Å²) in [4.78, 5) is 21.1. The maximum Gasteiger partial charge on any atom is 0.349 e. The van der Waals surface area contributed by atoms with Gasteiger partial charge in [-0.3, -0.25) is 0 Å². The van der Waals surface area contributed by atoms with Crippen LogP contribution in [0.5, 0.6) is 5.75 Å². The third kappa shape index (κ3) is 2.57. The summed E-state index contributed by atoms with van der Waals surface area (Å²) >= 11 is 0. The zero-order valence-corrected chi connectivity index (χ0v) is 13.5. The lowest BCUT2D eigenvalue weighted by Gasteiger charge is -2.08. The molecule has 2 aromatic carbocycles. The first kappa shape index (κ1) is 15.1. The second kappa shape index (κ2) is 5.90. The van der Waals surface area contributed by atoms with Crippen molar-refractivity contribution in [3.05, 3.63) is 59.0 Å². The normalized spacial score (nSPS) is 11.1. The van der Waals surface area contributed by atoms with Crippen LogP contribution in [0.1, 0.15) is 6.92 Å². The molecule has 124 valence electrons. The Morgan fingerprint density at radius 3 is 2.60 bits per heavy atom. The number of nitrogen functional groups attached to an aromatic ring is 1. The molecule has 0 fully saturated rings. The van der Waals surface area contributed by atoms with Crippen LogP contribution in [0.3, 0.4) is 0 Å². The maximum atomic E-state index is 12.2. The number of hydrogen-bond acceptors (Lipinski definition) is 6. The molecule has 0 atom stereocenters. The first-order valence-electron chi connectivity index (χ1n) is 7.89. The fraction of sp³-hybridized carbons (Fsp3) is 0.105. The zero-order chi connectivity index (χ0) is 17.4. The molecular formula is C19H15N3O3. The molecule has 4 rings (SSSR count). The van der Waals surface area contributed by atoms with Crippen molar-refractivity contribution in [1.82, 2.24) is 9.97 Å². The van der Waals surface area contributed by atoms with Crippen molar-refractivity contribution in [3.8, 4) is 17.1 Å².